The first-order chi connectivity index (χ1) is 7.66. The molecular formula is C12H11BrClNS. The Bertz CT molecular complexity index is 483. The average Bonchev–Trinajstić information content (AvgIpc) is 2.68. The van der Waals surface area contributed by atoms with E-state index in [2.05, 4.69) is 22.0 Å². The van der Waals surface area contributed by atoms with E-state index in [-0.39, 0.29) is 6.04 Å². The van der Waals surface area contributed by atoms with Gasteiger partial charge in [0.05, 0.1) is 0 Å². The lowest BCUT2D eigenvalue weighted by Crippen LogP contribution is -2.11. The monoisotopic (exact) mass is 315 g/mol. The lowest BCUT2D eigenvalue weighted by Gasteiger charge is -2.10. The highest BCUT2D eigenvalue weighted by Crippen LogP contribution is 2.28. The molecule has 1 atom stereocenters. The Balaban J connectivity index is 2.13. The summed E-state index contributed by atoms with van der Waals surface area (Å²) in [5, 5.41) is 2.83. The van der Waals surface area contributed by atoms with E-state index in [4.69, 9.17) is 17.3 Å². The predicted molar refractivity (Wildman–Crippen MR) is 74.1 cm³/mol. The molecule has 1 aromatic heterocycles. The molecule has 0 amide bonds. The molecule has 0 fully saturated rings. The first kappa shape index (κ1) is 12.1. The van der Waals surface area contributed by atoms with Crippen molar-refractivity contribution < 1.29 is 0 Å². The molecule has 2 aromatic rings. The Morgan fingerprint density at radius 2 is 2.12 bits per heavy atom. The minimum atomic E-state index is 0.0104. The van der Waals surface area contributed by atoms with E-state index in [9.17, 15) is 0 Å². The molecule has 1 aromatic carbocycles. The van der Waals surface area contributed by atoms with Crippen molar-refractivity contribution >= 4 is 38.9 Å². The summed E-state index contributed by atoms with van der Waals surface area (Å²) in [5.74, 6) is 0. The average molecular weight is 317 g/mol. The number of thiophene rings is 1. The summed E-state index contributed by atoms with van der Waals surface area (Å²) >= 11 is 11.2. The van der Waals surface area contributed by atoms with Crippen molar-refractivity contribution in [3.63, 3.8) is 0 Å². The first-order valence-electron chi connectivity index (χ1n) is 4.89. The summed E-state index contributed by atoms with van der Waals surface area (Å²) < 4.78 is 1.09. The molecule has 0 saturated heterocycles. The molecule has 0 aliphatic rings. The Morgan fingerprint density at radius 1 is 1.38 bits per heavy atom. The summed E-state index contributed by atoms with van der Waals surface area (Å²) in [4.78, 5) is 1.17. The van der Waals surface area contributed by atoms with Gasteiger partial charge in [-0.2, -0.15) is 0 Å². The molecule has 1 unspecified atom stereocenters. The molecule has 0 saturated carbocycles. The van der Waals surface area contributed by atoms with Gasteiger partial charge in [0.2, 0.25) is 0 Å². The van der Waals surface area contributed by atoms with Gasteiger partial charge in [-0.1, -0.05) is 29.8 Å². The second-order valence-corrected chi connectivity index (χ2v) is 5.84. The molecule has 1 heterocycles. The zero-order valence-electron chi connectivity index (χ0n) is 8.49. The minimum absolute atomic E-state index is 0.0104. The molecule has 16 heavy (non-hydrogen) atoms. The van der Waals surface area contributed by atoms with E-state index in [1.807, 2.05) is 29.6 Å². The van der Waals surface area contributed by atoms with Crippen LogP contribution in [0.1, 0.15) is 16.5 Å². The Morgan fingerprint density at radius 3 is 2.75 bits per heavy atom. The standard InChI is InChI=1S/C12H11BrClNS/c13-9-6-12(16-7-9)11(15)5-8-3-1-2-4-10(8)14/h1-4,6-7,11H,5,15H2. The molecule has 4 heteroatoms. The minimum Gasteiger partial charge on any atom is -0.323 e. The number of benzene rings is 1. The summed E-state index contributed by atoms with van der Waals surface area (Å²) in [6, 6.07) is 9.90. The van der Waals surface area contributed by atoms with Crippen molar-refractivity contribution in [2.75, 3.05) is 0 Å². The second-order valence-electron chi connectivity index (χ2n) is 3.57. The van der Waals surface area contributed by atoms with Crippen LogP contribution < -0.4 is 5.73 Å². The van der Waals surface area contributed by atoms with Crippen molar-refractivity contribution in [3.8, 4) is 0 Å². The summed E-state index contributed by atoms with van der Waals surface area (Å²) in [7, 11) is 0. The molecular weight excluding hydrogens is 306 g/mol. The quantitative estimate of drug-likeness (QED) is 0.892. The second kappa shape index (κ2) is 5.32. The number of rotatable bonds is 3. The molecule has 2 rings (SSSR count). The molecule has 1 nitrogen and oxygen atoms in total. The Hall–Kier alpha value is -0.350. The summed E-state index contributed by atoms with van der Waals surface area (Å²) in [5.41, 5.74) is 7.24. The van der Waals surface area contributed by atoms with Crippen molar-refractivity contribution in [1.29, 1.82) is 0 Å². The van der Waals surface area contributed by atoms with Crippen LogP contribution in [0.5, 0.6) is 0 Å². The number of hydrogen-bond donors (Lipinski definition) is 1. The fourth-order valence-electron chi connectivity index (χ4n) is 1.52. The molecule has 0 aliphatic heterocycles. The fraction of sp³-hybridized carbons (Fsp3) is 0.167. The molecule has 0 aliphatic carbocycles. The van der Waals surface area contributed by atoms with E-state index < -0.39 is 0 Å². The van der Waals surface area contributed by atoms with Crippen molar-refractivity contribution in [1.82, 2.24) is 0 Å². The van der Waals surface area contributed by atoms with Gasteiger partial charge in [0.1, 0.15) is 0 Å². The van der Waals surface area contributed by atoms with Gasteiger partial charge in [-0.3, -0.25) is 0 Å². The maximum absolute atomic E-state index is 6.14. The van der Waals surface area contributed by atoms with Crippen molar-refractivity contribution in [2.45, 2.75) is 12.5 Å². The van der Waals surface area contributed by atoms with Crippen LogP contribution in [0.4, 0.5) is 0 Å². The normalized spacial score (nSPS) is 12.7. The van der Waals surface area contributed by atoms with Crippen LogP contribution in [-0.4, -0.2) is 0 Å². The van der Waals surface area contributed by atoms with E-state index in [1.54, 1.807) is 11.3 Å². The van der Waals surface area contributed by atoms with E-state index in [0.717, 1.165) is 21.5 Å². The SMILES string of the molecule is NC(Cc1ccccc1Cl)c1cc(Br)cs1. The van der Waals surface area contributed by atoms with Gasteiger partial charge in [-0.25, -0.2) is 0 Å². The number of hydrogen-bond acceptors (Lipinski definition) is 2. The first-order valence-corrected chi connectivity index (χ1v) is 6.95. The topological polar surface area (TPSA) is 26.0 Å². The third-order valence-electron chi connectivity index (χ3n) is 2.35. The largest absolute Gasteiger partial charge is 0.323 e. The van der Waals surface area contributed by atoms with Crippen LogP contribution in [0.25, 0.3) is 0 Å². The third kappa shape index (κ3) is 2.86. The maximum Gasteiger partial charge on any atom is 0.0438 e. The smallest absolute Gasteiger partial charge is 0.0438 e. The van der Waals surface area contributed by atoms with Crippen LogP contribution in [-0.2, 0) is 6.42 Å². The van der Waals surface area contributed by atoms with Gasteiger partial charge in [0.25, 0.3) is 0 Å². The number of nitrogens with two attached hydrogens (primary N) is 1. The van der Waals surface area contributed by atoms with Gasteiger partial charge in [0.15, 0.2) is 0 Å². The van der Waals surface area contributed by atoms with Gasteiger partial charge in [-0.15, -0.1) is 11.3 Å². The van der Waals surface area contributed by atoms with Gasteiger partial charge >= 0.3 is 0 Å². The zero-order chi connectivity index (χ0) is 11.5. The third-order valence-corrected chi connectivity index (χ3v) is 4.55. The summed E-state index contributed by atoms with van der Waals surface area (Å²) in [6.07, 6.45) is 0.770. The molecule has 2 N–H and O–H groups in total. The van der Waals surface area contributed by atoms with Crippen molar-refractivity contribution in [2.24, 2.45) is 5.73 Å². The zero-order valence-corrected chi connectivity index (χ0v) is 11.6. The van der Waals surface area contributed by atoms with E-state index >= 15 is 0 Å². The van der Waals surface area contributed by atoms with Gasteiger partial charge in [0, 0.05) is 25.8 Å². The highest BCUT2D eigenvalue weighted by molar-refractivity contribution is 9.10. The van der Waals surface area contributed by atoms with Gasteiger partial charge < -0.3 is 5.73 Å². The highest BCUT2D eigenvalue weighted by Gasteiger charge is 2.11. The number of halogens is 2. The van der Waals surface area contributed by atoms with Crippen LogP contribution >= 0.6 is 38.9 Å². The molecule has 0 radical (unpaired) electrons. The van der Waals surface area contributed by atoms with Crippen molar-refractivity contribution in [3.05, 3.63) is 55.6 Å². The molecule has 0 bridgehead atoms. The molecule has 0 spiro atoms. The van der Waals surface area contributed by atoms with Crippen LogP contribution in [0.3, 0.4) is 0 Å². The van der Waals surface area contributed by atoms with Crippen LogP contribution in [0.2, 0.25) is 5.02 Å². The van der Waals surface area contributed by atoms with Gasteiger partial charge in [-0.05, 0) is 40.0 Å². The van der Waals surface area contributed by atoms with E-state index in [0.29, 0.717) is 0 Å². The van der Waals surface area contributed by atoms with Crippen LogP contribution in [0.15, 0.2) is 40.2 Å². The maximum atomic E-state index is 6.14. The lowest BCUT2D eigenvalue weighted by molar-refractivity contribution is 0.736. The fourth-order valence-corrected chi connectivity index (χ4v) is 3.19. The Labute approximate surface area is 112 Å². The van der Waals surface area contributed by atoms with Crippen LogP contribution in [0, 0.1) is 0 Å². The highest BCUT2D eigenvalue weighted by atomic mass is 79.9. The Kier molecular flexibility index (Phi) is 4.03. The lowest BCUT2D eigenvalue weighted by atomic mass is 10.1. The summed E-state index contributed by atoms with van der Waals surface area (Å²) in [6.45, 7) is 0. The molecule has 84 valence electrons. The predicted octanol–water partition coefficient (Wildman–Crippen LogP) is 4.41. The van der Waals surface area contributed by atoms with E-state index in [1.165, 1.54) is 4.88 Å².